The molecule has 32 heavy (non-hydrogen) atoms. The highest BCUT2D eigenvalue weighted by Crippen LogP contribution is 2.37. The van der Waals surface area contributed by atoms with E-state index in [-0.39, 0.29) is 18.3 Å². The van der Waals surface area contributed by atoms with Gasteiger partial charge in [-0.2, -0.15) is 4.40 Å². The van der Waals surface area contributed by atoms with E-state index < -0.39 is 5.92 Å². The summed E-state index contributed by atoms with van der Waals surface area (Å²) in [7, 11) is 1.93. The van der Waals surface area contributed by atoms with Crippen LogP contribution < -0.4 is 10.0 Å². The van der Waals surface area contributed by atoms with Crippen LogP contribution in [0, 0.1) is 5.92 Å². The minimum atomic E-state index is -2.49. The lowest BCUT2D eigenvalue weighted by Gasteiger charge is -2.22. The average Bonchev–Trinajstić information content (AvgIpc) is 3.01. The van der Waals surface area contributed by atoms with Crippen LogP contribution in [0.1, 0.15) is 65.1 Å². The minimum Gasteiger partial charge on any atom is -0.390 e. The second kappa shape index (κ2) is 10.2. The van der Waals surface area contributed by atoms with Gasteiger partial charge in [0.25, 0.3) is 0 Å². The van der Waals surface area contributed by atoms with Crippen molar-refractivity contribution in [3.05, 3.63) is 24.0 Å². The van der Waals surface area contributed by atoms with E-state index in [0.29, 0.717) is 18.8 Å². The first-order valence-corrected chi connectivity index (χ1v) is 11.9. The fourth-order valence-corrected chi connectivity index (χ4v) is 4.70. The van der Waals surface area contributed by atoms with E-state index in [0.717, 1.165) is 41.9 Å². The van der Waals surface area contributed by atoms with Crippen LogP contribution in [-0.4, -0.2) is 35.2 Å². The van der Waals surface area contributed by atoms with Crippen molar-refractivity contribution in [1.29, 1.82) is 0 Å². The second-order valence-corrected chi connectivity index (χ2v) is 10.5. The second-order valence-electron chi connectivity index (χ2n) is 9.55. The molecule has 176 valence electrons. The normalized spacial score (nSPS) is 19.8. The number of anilines is 1. The zero-order chi connectivity index (χ0) is 23.4. The topological polar surface area (TPSA) is 71.8 Å². The maximum Gasteiger partial charge on any atom is 0.248 e. The van der Waals surface area contributed by atoms with Crippen LogP contribution in [-0.2, 0) is 12.0 Å². The van der Waals surface area contributed by atoms with Gasteiger partial charge >= 0.3 is 0 Å². The van der Waals surface area contributed by atoms with Gasteiger partial charge in [0.15, 0.2) is 0 Å². The molecule has 1 heterocycles. The quantitative estimate of drug-likeness (QED) is 0.238. The lowest BCUT2D eigenvalue weighted by Crippen LogP contribution is -2.20. The Kier molecular flexibility index (Phi) is 7.79. The Morgan fingerprint density at radius 2 is 2.09 bits per heavy atom. The maximum atomic E-state index is 13.8. The zero-order valence-corrected chi connectivity index (χ0v) is 20.2. The molecule has 1 unspecified atom stereocenters. The highest BCUT2D eigenvalue weighted by atomic mass is 32.2. The summed E-state index contributed by atoms with van der Waals surface area (Å²) >= 11 is 1.26. The molecule has 1 fully saturated rings. The first kappa shape index (κ1) is 24.5. The number of nitrogens with zero attached hydrogens (tertiary/aromatic N) is 5. The molecule has 1 aromatic carbocycles. The van der Waals surface area contributed by atoms with Crippen molar-refractivity contribution in [3.63, 3.8) is 0 Å². The molecule has 1 atom stereocenters. The molecular weight excluding hydrogens is 430 g/mol. The van der Waals surface area contributed by atoms with Crippen LogP contribution in [0.5, 0.6) is 0 Å². The molecule has 6 nitrogen and oxygen atoms in total. The Morgan fingerprint density at radius 1 is 1.31 bits per heavy atom. The van der Waals surface area contributed by atoms with Gasteiger partial charge in [-0.1, -0.05) is 27.2 Å². The Bertz CT molecular complexity index is 963. The number of nitrogens with two attached hydrogens (primary N) is 1. The van der Waals surface area contributed by atoms with E-state index in [9.17, 15) is 8.78 Å². The summed E-state index contributed by atoms with van der Waals surface area (Å²) in [5.41, 5.74) is 8.07. The number of halogens is 2. The van der Waals surface area contributed by atoms with Gasteiger partial charge in [0.2, 0.25) is 5.92 Å². The molecule has 0 aliphatic heterocycles. The Balaban J connectivity index is 1.81. The smallest absolute Gasteiger partial charge is 0.248 e. The van der Waals surface area contributed by atoms with E-state index in [1.165, 1.54) is 24.8 Å². The molecule has 0 bridgehead atoms. The standard InChI is InChI=1S/C23H34F2N6S/c1-22(2,3)21-29-19-14-18(30(4)32-28-16-27-15-26)7-8-20(19)31(21)13-10-17-6-5-11-23(24,25)12-9-17/h7-8,14-17H,5-6,9-13H2,1-4H3,(H2,26,27,28). The van der Waals surface area contributed by atoms with Gasteiger partial charge in [-0.25, -0.2) is 18.8 Å². The zero-order valence-electron chi connectivity index (χ0n) is 19.4. The highest BCUT2D eigenvalue weighted by Gasteiger charge is 2.32. The Labute approximate surface area is 193 Å². The molecule has 0 saturated heterocycles. The first-order chi connectivity index (χ1) is 15.1. The number of fused-ring (bicyclic) bond motifs is 1. The van der Waals surface area contributed by atoms with Crippen molar-refractivity contribution in [2.75, 3.05) is 11.4 Å². The number of aliphatic imine (C=N–C) groups is 1. The molecule has 2 N–H and O–H groups in total. The lowest BCUT2D eigenvalue weighted by atomic mass is 9.94. The third-order valence-corrected chi connectivity index (χ3v) is 6.61. The van der Waals surface area contributed by atoms with Gasteiger partial charge in [-0.3, -0.25) is 0 Å². The lowest BCUT2D eigenvalue weighted by molar-refractivity contribution is -0.0149. The van der Waals surface area contributed by atoms with Gasteiger partial charge in [0, 0.05) is 31.8 Å². The highest BCUT2D eigenvalue weighted by molar-refractivity contribution is 7.99. The van der Waals surface area contributed by atoms with E-state index in [1.807, 2.05) is 17.4 Å². The summed E-state index contributed by atoms with van der Waals surface area (Å²) in [5.74, 6) is -1.13. The fraction of sp³-hybridized carbons (Fsp3) is 0.609. The summed E-state index contributed by atoms with van der Waals surface area (Å²) in [4.78, 5) is 8.73. The van der Waals surface area contributed by atoms with Crippen LogP contribution in [0.25, 0.3) is 11.0 Å². The third-order valence-electron chi connectivity index (χ3n) is 5.97. The van der Waals surface area contributed by atoms with E-state index >= 15 is 0 Å². The van der Waals surface area contributed by atoms with E-state index in [4.69, 9.17) is 10.7 Å². The summed E-state index contributed by atoms with van der Waals surface area (Å²) in [6.07, 6.45) is 5.63. The Hall–Kier alpha value is -2.16. The molecular formula is C23H34F2N6S. The van der Waals surface area contributed by atoms with Crippen molar-refractivity contribution in [3.8, 4) is 0 Å². The average molecular weight is 465 g/mol. The van der Waals surface area contributed by atoms with Gasteiger partial charge < -0.3 is 14.6 Å². The number of aryl methyl sites for hydroxylation is 1. The molecule has 1 saturated carbocycles. The van der Waals surface area contributed by atoms with Crippen LogP contribution in [0.15, 0.2) is 27.6 Å². The SMILES string of the molecule is CN(S/N=C/N=CN)c1ccc2c(c1)nc(C(C)(C)C)n2CCC1CCCC(F)(F)CC1. The molecule has 0 radical (unpaired) electrons. The van der Waals surface area contributed by atoms with Crippen molar-refractivity contribution in [2.45, 2.75) is 77.2 Å². The number of imidazole rings is 1. The van der Waals surface area contributed by atoms with Crippen molar-refractivity contribution in [2.24, 2.45) is 21.0 Å². The molecule has 1 aliphatic carbocycles. The molecule has 1 aliphatic rings. The summed E-state index contributed by atoms with van der Waals surface area (Å²) < 4.78 is 35.9. The fourth-order valence-electron chi connectivity index (χ4n) is 4.25. The van der Waals surface area contributed by atoms with E-state index in [1.54, 1.807) is 0 Å². The molecule has 2 aromatic rings. The van der Waals surface area contributed by atoms with Crippen LogP contribution in [0.4, 0.5) is 14.5 Å². The molecule has 0 spiro atoms. The number of benzene rings is 1. The van der Waals surface area contributed by atoms with Crippen LogP contribution >= 0.6 is 12.1 Å². The monoisotopic (exact) mass is 464 g/mol. The molecule has 0 amide bonds. The van der Waals surface area contributed by atoms with Gasteiger partial charge in [-0.15, -0.1) is 0 Å². The summed E-state index contributed by atoms with van der Waals surface area (Å²) in [6.45, 7) is 7.27. The third kappa shape index (κ3) is 6.21. The van der Waals surface area contributed by atoms with Crippen molar-refractivity contribution >= 4 is 41.5 Å². The first-order valence-electron chi connectivity index (χ1n) is 11.2. The number of alkyl halides is 2. The molecule has 1 aromatic heterocycles. The predicted octanol–water partition coefficient (Wildman–Crippen LogP) is 5.95. The number of aromatic nitrogens is 2. The molecule has 3 rings (SSSR count). The maximum absolute atomic E-state index is 13.8. The summed E-state index contributed by atoms with van der Waals surface area (Å²) in [5, 5.41) is 0. The Morgan fingerprint density at radius 3 is 2.81 bits per heavy atom. The number of rotatable bonds is 7. The van der Waals surface area contributed by atoms with Crippen molar-refractivity contribution < 1.29 is 8.78 Å². The largest absolute Gasteiger partial charge is 0.390 e. The predicted molar refractivity (Wildman–Crippen MR) is 132 cm³/mol. The molecule has 9 heteroatoms. The van der Waals surface area contributed by atoms with Crippen LogP contribution in [0.2, 0.25) is 0 Å². The van der Waals surface area contributed by atoms with Crippen molar-refractivity contribution in [1.82, 2.24) is 9.55 Å². The minimum absolute atomic E-state index is 0.0148. The van der Waals surface area contributed by atoms with Gasteiger partial charge in [0.1, 0.15) is 12.2 Å². The van der Waals surface area contributed by atoms with Gasteiger partial charge in [0.05, 0.1) is 35.2 Å². The number of hydrogen-bond acceptors (Lipinski definition) is 4. The number of hydrogen-bond donors (Lipinski definition) is 1. The summed E-state index contributed by atoms with van der Waals surface area (Å²) in [6, 6.07) is 6.20. The van der Waals surface area contributed by atoms with E-state index in [2.05, 4.69) is 46.9 Å². The van der Waals surface area contributed by atoms with Crippen LogP contribution in [0.3, 0.4) is 0 Å². The van der Waals surface area contributed by atoms with Gasteiger partial charge in [-0.05, 0) is 43.4 Å².